The number of rotatable bonds is 2. The number of nitrogens with zero attached hydrogens (tertiary/aromatic N) is 1. The SMILES string of the molecule is Cc1ccc(C(=O)N2CCCC2CO)cc1Cl. The average Bonchev–Trinajstić information content (AvgIpc) is 2.80. The number of hydrogen-bond acceptors (Lipinski definition) is 2. The Bertz CT molecular complexity index is 433. The molecular formula is C13H16ClNO2. The number of hydrogen-bond donors (Lipinski definition) is 1. The Labute approximate surface area is 106 Å². The van der Waals surface area contributed by atoms with Crippen LogP contribution in [0.4, 0.5) is 0 Å². The third-order valence-corrected chi connectivity index (χ3v) is 3.67. The minimum atomic E-state index is -0.0393. The van der Waals surface area contributed by atoms with Crippen LogP contribution in [0.15, 0.2) is 18.2 Å². The lowest BCUT2D eigenvalue weighted by Gasteiger charge is -2.23. The molecule has 3 nitrogen and oxygen atoms in total. The molecule has 1 aliphatic heterocycles. The van der Waals surface area contributed by atoms with E-state index in [0.29, 0.717) is 10.6 Å². The zero-order chi connectivity index (χ0) is 12.4. The fourth-order valence-corrected chi connectivity index (χ4v) is 2.37. The number of carbonyl (C=O) groups is 1. The van der Waals surface area contributed by atoms with Crippen molar-refractivity contribution in [3.05, 3.63) is 34.3 Å². The number of aliphatic hydroxyl groups is 1. The lowest BCUT2D eigenvalue weighted by Crippen LogP contribution is -2.37. The molecule has 0 aromatic heterocycles. The van der Waals surface area contributed by atoms with Gasteiger partial charge in [0.15, 0.2) is 0 Å². The summed E-state index contributed by atoms with van der Waals surface area (Å²) in [5, 5.41) is 9.82. The molecule has 92 valence electrons. The molecule has 0 aliphatic carbocycles. The van der Waals surface area contributed by atoms with E-state index in [0.717, 1.165) is 24.9 Å². The first-order valence-corrected chi connectivity index (χ1v) is 6.19. The van der Waals surface area contributed by atoms with Gasteiger partial charge in [-0.3, -0.25) is 4.79 Å². The van der Waals surface area contributed by atoms with E-state index in [-0.39, 0.29) is 18.6 Å². The van der Waals surface area contributed by atoms with Crippen molar-refractivity contribution in [3.8, 4) is 0 Å². The second kappa shape index (κ2) is 5.07. The average molecular weight is 254 g/mol. The third-order valence-electron chi connectivity index (χ3n) is 3.27. The quantitative estimate of drug-likeness (QED) is 0.878. The van der Waals surface area contributed by atoms with Crippen molar-refractivity contribution in [2.24, 2.45) is 0 Å². The molecule has 0 bridgehead atoms. The van der Waals surface area contributed by atoms with Crippen molar-refractivity contribution in [3.63, 3.8) is 0 Å². The van der Waals surface area contributed by atoms with Crippen molar-refractivity contribution in [2.45, 2.75) is 25.8 Å². The van der Waals surface area contributed by atoms with Crippen molar-refractivity contribution in [1.29, 1.82) is 0 Å². The maximum Gasteiger partial charge on any atom is 0.254 e. The highest BCUT2D eigenvalue weighted by Gasteiger charge is 2.28. The molecule has 0 spiro atoms. The number of benzene rings is 1. The molecule has 1 aromatic rings. The molecule has 1 amide bonds. The molecule has 1 aliphatic rings. The normalized spacial score (nSPS) is 19.7. The molecule has 1 N–H and O–H groups in total. The molecule has 1 heterocycles. The van der Waals surface area contributed by atoms with Crippen molar-refractivity contribution >= 4 is 17.5 Å². The Hall–Kier alpha value is -1.06. The molecule has 0 saturated carbocycles. The van der Waals surface area contributed by atoms with Gasteiger partial charge in [-0.15, -0.1) is 0 Å². The van der Waals surface area contributed by atoms with Crippen LogP contribution in [-0.4, -0.2) is 35.1 Å². The molecule has 1 saturated heterocycles. The van der Waals surface area contributed by atoms with E-state index >= 15 is 0 Å². The number of amides is 1. The summed E-state index contributed by atoms with van der Waals surface area (Å²) in [6.07, 6.45) is 1.83. The summed E-state index contributed by atoms with van der Waals surface area (Å²) in [4.78, 5) is 14.0. The van der Waals surface area contributed by atoms with Crippen LogP contribution in [0.3, 0.4) is 0 Å². The standard InChI is InChI=1S/C13H16ClNO2/c1-9-4-5-10(7-12(9)14)13(17)15-6-2-3-11(15)8-16/h4-5,7,11,16H,2-3,6,8H2,1H3. The maximum absolute atomic E-state index is 12.2. The molecule has 1 atom stereocenters. The first kappa shape index (κ1) is 12.4. The zero-order valence-electron chi connectivity index (χ0n) is 9.82. The van der Waals surface area contributed by atoms with Crippen LogP contribution in [0.1, 0.15) is 28.8 Å². The highest BCUT2D eigenvalue weighted by atomic mass is 35.5. The molecule has 0 radical (unpaired) electrons. The number of aliphatic hydroxyl groups excluding tert-OH is 1. The first-order chi connectivity index (χ1) is 8.13. The Morgan fingerprint density at radius 2 is 2.35 bits per heavy atom. The number of halogens is 1. The second-order valence-corrected chi connectivity index (χ2v) is 4.85. The molecule has 2 rings (SSSR count). The van der Waals surface area contributed by atoms with E-state index in [1.807, 2.05) is 13.0 Å². The molecule has 1 fully saturated rings. The topological polar surface area (TPSA) is 40.5 Å². The van der Waals surface area contributed by atoms with Crippen LogP contribution in [0, 0.1) is 6.92 Å². The summed E-state index contributed by atoms with van der Waals surface area (Å²) in [7, 11) is 0. The van der Waals surface area contributed by atoms with Crippen LogP contribution in [0.2, 0.25) is 5.02 Å². The minimum Gasteiger partial charge on any atom is -0.394 e. The minimum absolute atomic E-state index is 0.0331. The monoisotopic (exact) mass is 253 g/mol. The first-order valence-electron chi connectivity index (χ1n) is 5.81. The van der Waals surface area contributed by atoms with E-state index in [1.54, 1.807) is 17.0 Å². The lowest BCUT2D eigenvalue weighted by atomic mass is 10.1. The van der Waals surface area contributed by atoms with Gasteiger partial charge in [0.1, 0.15) is 0 Å². The largest absolute Gasteiger partial charge is 0.394 e. The summed E-state index contributed by atoms with van der Waals surface area (Å²) in [5.74, 6) is -0.0385. The molecule has 1 unspecified atom stereocenters. The van der Waals surface area contributed by atoms with Crippen LogP contribution >= 0.6 is 11.6 Å². The van der Waals surface area contributed by atoms with Gasteiger partial charge in [0, 0.05) is 17.1 Å². The summed E-state index contributed by atoms with van der Waals surface area (Å²) < 4.78 is 0. The fraction of sp³-hybridized carbons (Fsp3) is 0.462. The predicted molar refractivity (Wildman–Crippen MR) is 67.3 cm³/mol. The number of aryl methyl sites for hydroxylation is 1. The van der Waals surface area contributed by atoms with Crippen LogP contribution < -0.4 is 0 Å². The lowest BCUT2D eigenvalue weighted by molar-refractivity contribution is 0.0677. The Kier molecular flexibility index (Phi) is 3.69. The van der Waals surface area contributed by atoms with Crippen molar-refractivity contribution in [1.82, 2.24) is 4.90 Å². The number of likely N-dealkylation sites (tertiary alicyclic amines) is 1. The Morgan fingerprint density at radius 1 is 1.59 bits per heavy atom. The van der Waals surface area contributed by atoms with Gasteiger partial charge < -0.3 is 10.0 Å². The molecule has 1 aromatic carbocycles. The molecular weight excluding hydrogens is 238 g/mol. The summed E-state index contributed by atoms with van der Waals surface area (Å²) in [5.41, 5.74) is 1.56. The van der Waals surface area contributed by atoms with Gasteiger partial charge in [-0.25, -0.2) is 0 Å². The predicted octanol–water partition coefficient (Wildman–Crippen LogP) is 2.25. The van der Waals surface area contributed by atoms with Crippen LogP contribution in [0.5, 0.6) is 0 Å². The zero-order valence-corrected chi connectivity index (χ0v) is 10.6. The smallest absolute Gasteiger partial charge is 0.254 e. The van der Waals surface area contributed by atoms with Gasteiger partial charge in [-0.05, 0) is 37.5 Å². The van der Waals surface area contributed by atoms with E-state index in [9.17, 15) is 9.90 Å². The third kappa shape index (κ3) is 2.45. The van der Waals surface area contributed by atoms with Crippen LogP contribution in [-0.2, 0) is 0 Å². The van der Waals surface area contributed by atoms with Crippen molar-refractivity contribution < 1.29 is 9.90 Å². The Balaban J connectivity index is 2.21. The van der Waals surface area contributed by atoms with Gasteiger partial charge in [-0.2, -0.15) is 0 Å². The highest BCUT2D eigenvalue weighted by Crippen LogP contribution is 2.22. The highest BCUT2D eigenvalue weighted by molar-refractivity contribution is 6.31. The fourth-order valence-electron chi connectivity index (χ4n) is 2.18. The van der Waals surface area contributed by atoms with Gasteiger partial charge in [0.05, 0.1) is 12.6 Å². The molecule has 17 heavy (non-hydrogen) atoms. The van der Waals surface area contributed by atoms with Gasteiger partial charge in [0.25, 0.3) is 5.91 Å². The van der Waals surface area contributed by atoms with E-state index in [4.69, 9.17) is 11.6 Å². The maximum atomic E-state index is 12.2. The number of carbonyl (C=O) groups excluding carboxylic acids is 1. The van der Waals surface area contributed by atoms with Gasteiger partial charge >= 0.3 is 0 Å². The van der Waals surface area contributed by atoms with E-state index < -0.39 is 0 Å². The Morgan fingerprint density at radius 3 is 3.00 bits per heavy atom. The summed E-state index contributed by atoms with van der Waals surface area (Å²) in [6, 6.07) is 5.30. The van der Waals surface area contributed by atoms with Crippen LogP contribution in [0.25, 0.3) is 0 Å². The van der Waals surface area contributed by atoms with Gasteiger partial charge in [0.2, 0.25) is 0 Å². The van der Waals surface area contributed by atoms with Gasteiger partial charge in [-0.1, -0.05) is 17.7 Å². The van der Waals surface area contributed by atoms with E-state index in [1.165, 1.54) is 0 Å². The summed E-state index contributed by atoms with van der Waals surface area (Å²) >= 11 is 6.01. The van der Waals surface area contributed by atoms with Crippen molar-refractivity contribution in [2.75, 3.05) is 13.2 Å². The molecule has 4 heteroatoms. The summed E-state index contributed by atoms with van der Waals surface area (Å²) in [6.45, 7) is 2.66. The second-order valence-electron chi connectivity index (χ2n) is 4.44. The van der Waals surface area contributed by atoms with E-state index in [2.05, 4.69) is 0 Å².